The van der Waals surface area contributed by atoms with E-state index in [1.165, 1.54) is 0 Å². The van der Waals surface area contributed by atoms with Crippen LogP contribution >= 0.6 is 0 Å². The minimum atomic E-state index is -1.53. The summed E-state index contributed by atoms with van der Waals surface area (Å²) < 4.78 is 17.9. The van der Waals surface area contributed by atoms with Crippen LogP contribution in [0.3, 0.4) is 0 Å². The van der Waals surface area contributed by atoms with Crippen LogP contribution in [0.1, 0.15) is 59.3 Å². The highest BCUT2D eigenvalue weighted by molar-refractivity contribution is 5.69. The van der Waals surface area contributed by atoms with Gasteiger partial charge in [-0.15, -0.1) is 0 Å². The molecule has 5 aliphatic rings. The van der Waals surface area contributed by atoms with Crippen LogP contribution in [0, 0.1) is 23.7 Å². The van der Waals surface area contributed by atoms with E-state index in [4.69, 9.17) is 34.2 Å². The third-order valence-electron chi connectivity index (χ3n) is 6.95. The largest absolute Gasteiger partial charge is 0.435 e. The van der Waals surface area contributed by atoms with Crippen LogP contribution in [0.5, 0.6) is 0 Å². The van der Waals surface area contributed by atoms with Crippen molar-refractivity contribution >= 4 is 5.97 Å². The van der Waals surface area contributed by atoms with Crippen LogP contribution in [-0.4, -0.2) is 46.4 Å². The van der Waals surface area contributed by atoms with E-state index in [0.717, 1.165) is 25.7 Å². The van der Waals surface area contributed by atoms with Crippen molar-refractivity contribution in [1.29, 1.82) is 0 Å². The number of fused-ring (bicyclic) bond motifs is 2. The summed E-state index contributed by atoms with van der Waals surface area (Å²) in [5, 5.41) is 17.9. The van der Waals surface area contributed by atoms with Crippen LogP contribution < -0.4 is 0 Å². The topological polar surface area (TPSA) is 104 Å². The Labute approximate surface area is 159 Å². The molecular formula is C19H30O8. The lowest BCUT2D eigenvalue weighted by Crippen LogP contribution is -2.70. The Morgan fingerprint density at radius 1 is 1.19 bits per heavy atom. The number of hydrogen-bond donors (Lipinski definition) is 2. The van der Waals surface area contributed by atoms with Crippen LogP contribution in [0.2, 0.25) is 0 Å². The summed E-state index contributed by atoms with van der Waals surface area (Å²) in [6.07, 6.45) is 0.575. The lowest BCUT2D eigenvalue weighted by atomic mass is 9.58. The summed E-state index contributed by atoms with van der Waals surface area (Å²) in [4.78, 5) is 23.9. The van der Waals surface area contributed by atoms with E-state index >= 15 is 0 Å². The minimum absolute atomic E-state index is 0.0676. The van der Waals surface area contributed by atoms with Gasteiger partial charge in [0.2, 0.25) is 12.1 Å². The van der Waals surface area contributed by atoms with Gasteiger partial charge in [-0.3, -0.25) is 4.79 Å². The summed E-state index contributed by atoms with van der Waals surface area (Å²) in [6.45, 7) is 6.10. The van der Waals surface area contributed by atoms with E-state index in [1.807, 2.05) is 13.8 Å². The molecule has 8 nitrogen and oxygen atoms in total. The normalized spacial score (nSPS) is 48.8. The zero-order valence-corrected chi connectivity index (χ0v) is 16.1. The molecule has 1 aliphatic carbocycles. The van der Waals surface area contributed by atoms with Gasteiger partial charge in [-0.05, 0) is 38.0 Å². The Morgan fingerprint density at radius 2 is 1.96 bits per heavy atom. The van der Waals surface area contributed by atoms with Crippen LogP contribution in [-0.2, 0) is 28.8 Å². The Bertz CT molecular complexity index is 582. The first kappa shape index (κ1) is 19.5. The SMILES string of the molecule is C[C@@H]1[C@H](OC(=O)CCC(O)O)O[C@H]2O[C@]3(C)CC[C@@H]4[C@@H](C)CC[C@H]1[C@]24OO3. The van der Waals surface area contributed by atoms with Crippen molar-refractivity contribution in [3.05, 3.63) is 0 Å². The van der Waals surface area contributed by atoms with Crippen molar-refractivity contribution in [2.24, 2.45) is 23.7 Å². The highest BCUT2D eigenvalue weighted by Gasteiger charge is 2.69. The Kier molecular flexibility index (Phi) is 5.02. The third kappa shape index (κ3) is 3.20. The van der Waals surface area contributed by atoms with Crippen molar-refractivity contribution in [1.82, 2.24) is 0 Å². The van der Waals surface area contributed by atoms with E-state index in [9.17, 15) is 4.79 Å². The van der Waals surface area contributed by atoms with Gasteiger partial charge in [0, 0.05) is 24.7 Å². The lowest BCUT2D eigenvalue weighted by molar-refractivity contribution is -0.576. The van der Waals surface area contributed by atoms with E-state index in [0.29, 0.717) is 5.92 Å². The summed E-state index contributed by atoms with van der Waals surface area (Å²) in [5.74, 6) is -0.659. The average molecular weight is 386 g/mol. The fourth-order valence-electron chi connectivity index (χ4n) is 5.44. The Balaban J connectivity index is 1.57. The molecule has 0 amide bonds. The maximum absolute atomic E-state index is 12.1. The first-order chi connectivity index (χ1) is 12.7. The number of carbonyl (C=O) groups excluding carboxylic acids is 1. The second-order valence-electron chi connectivity index (χ2n) is 8.78. The first-order valence-electron chi connectivity index (χ1n) is 10.0. The molecule has 1 saturated carbocycles. The average Bonchev–Trinajstić information content (AvgIpc) is 2.84. The van der Waals surface area contributed by atoms with Gasteiger partial charge in [-0.1, -0.05) is 13.8 Å². The molecule has 4 saturated heterocycles. The maximum atomic E-state index is 12.1. The summed E-state index contributed by atoms with van der Waals surface area (Å²) >= 11 is 0. The fraction of sp³-hybridized carbons (Fsp3) is 0.947. The molecule has 0 aromatic rings. The second-order valence-corrected chi connectivity index (χ2v) is 8.78. The van der Waals surface area contributed by atoms with Gasteiger partial charge in [0.15, 0.2) is 18.2 Å². The maximum Gasteiger partial charge on any atom is 0.308 e. The summed E-state index contributed by atoms with van der Waals surface area (Å²) in [6, 6.07) is 0. The van der Waals surface area contributed by atoms with Crippen molar-refractivity contribution < 1.29 is 39.0 Å². The molecule has 5 rings (SSSR count). The monoisotopic (exact) mass is 386 g/mol. The molecule has 5 fully saturated rings. The van der Waals surface area contributed by atoms with Gasteiger partial charge in [0.05, 0.1) is 6.42 Å². The van der Waals surface area contributed by atoms with Crippen molar-refractivity contribution in [3.8, 4) is 0 Å². The van der Waals surface area contributed by atoms with Gasteiger partial charge >= 0.3 is 5.97 Å². The summed E-state index contributed by atoms with van der Waals surface area (Å²) in [5.41, 5.74) is -0.683. The molecule has 0 radical (unpaired) electrons. The molecule has 27 heavy (non-hydrogen) atoms. The molecule has 0 aromatic heterocycles. The van der Waals surface area contributed by atoms with E-state index in [-0.39, 0.29) is 30.6 Å². The Morgan fingerprint density at radius 3 is 2.70 bits per heavy atom. The van der Waals surface area contributed by atoms with E-state index in [2.05, 4.69) is 6.92 Å². The zero-order valence-electron chi connectivity index (χ0n) is 16.1. The molecule has 8 atom stereocenters. The first-order valence-corrected chi connectivity index (χ1v) is 10.0. The molecule has 0 unspecified atom stereocenters. The van der Waals surface area contributed by atoms with Gasteiger partial charge in [0.25, 0.3) is 0 Å². The van der Waals surface area contributed by atoms with E-state index < -0.39 is 36.2 Å². The number of hydrogen-bond acceptors (Lipinski definition) is 8. The van der Waals surface area contributed by atoms with Crippen LogP contribution in [0.15, 0.2) is 0 Å². The smallest absolute Gasteiger partial charge is 0.308 e. The molecule has 154 valence electrons. The molecule has 4 aliphatic heterocycles. The number of carbonyl (C=O) groups is 1. The van der Waals surface area contributed by atoms with Gasteiger partial charge in [-0.2, -0.15) is 0 Å². The molecule has 2 N–H and O–H groups in total. The predicted molar refractivity (Wildman–Crippen MR) is 90.4 cm³/mol. The van der Waals surface area contributed by atoms with Crippen molar-refractivity contribution in [3.63, 3.8) is 0 Å². The lowest BCUT2D eigenvalue weighted by Gasteiger charge is -2.59. The second kappa shape index (κ2) is 6.93. The van der Waals surface area contributed by atoms with Crippen LogP contribution in [0.25, 0.3) is 0 Å². The number of ether oxygens (including phenoxy) is 3. The van der Waals surface area contributed by atoms with E-state index in [1.54, 1.807) is 0 Å². The van der Waals surface area contributed by atoms with Gasteiger partial charge < -0.3 is 24.4 Å². The van der Waals surface area contributed by atoms with Crippen molar-refractivity contribution in [2.75, 3.05) is 0 Å². The van der Waals surface area contributed by atoms with Crippen molar-refractivity contribution in [2.45, 2.75) is 89.6 Å². The Hall–Kier alpha value is -0.770. The molecular weight excluding hydrogens is 356 g/mol. The molecule has 1 spiro atoms. The quantitative estimate of drug-likeness (QED) is 0.428. The molecule has 4 heterocycles. The molecule has 8 heteroatoms. The minimum Gasteiger partial charge on any atom is -0.435 e. The highest BCUT2D eigenvalue weighted by Crippen LogP contribution is 2.60. The fourth-order valence-corrected chi connectivity index (χ4v) is 5.44. The molecule has 2 bridgehead atoms. The standard InChI is InChI=1S/C19H30O8/c1-10-4-5-13-11(2)16(23-15(22)7-6-14(20)21)24-17-19(13)12(10)8-9-18(3,25-17)26-27-19/h10-14,16-17,20-21H,4-9H2,1-3H3/t10-,11-,12+,13+,16+,17-,18-,19-/m0/s1. The highest BCUT2D eigenvalue weighted by atomic mass is 17.3. The number of aliphatic hydroxyl groups excluding tert-OH is 1. The number of aliphatic hydroxyl groups is 2. The van der Waals surface area contributed by atoms with Gasteiger partial charge in [-0.25, -0.2) is 9.78 Å². The third-order valence-corrected chi connectivity index (χ3v) is 6.95. The number of esters is 1. The zero-order chi connectivity index (χ0) is 19.4. The summed E-state index contributed by atoms with van der Waals surface area (Å²) in [7, 11) is 0. The predicted octanol–water partition coefficient (Wildman–Crippen LogP) is 1.83. The van der Waals surface area contributed by atoms with Crippen LogP contribution in [0.4, 0.5) is 0 Å². The van der Waals surface area contributed by atoms with Gasteiger partial charge in [0.1, 0.15) is 0 Å². The molecule has 0 aromatic carbocycles. The number of rotatable bonds is 4.